The van der Waals surface area contributed by atoms with E-state index >= 15 is 0 Å². The molecular formula is C23H31NO5. The Morgan fingerprint density at radius 2 is 2.03 bits per heavy atom. The molecule has 0 aromatic carbocycles. The van der Waals surface area contributed by atoms with Gasteiger partial charge in [-0.2, -0.15) is 0 Å². The van der Waals surface area contributed by atoms with Crippen molar-refractivity contribution in [1.29, 1.82) is 0 Å². The van der Waals surface area contributed by atoms with Crippen molar-refractivity contribution in [3.05, 3.63) is 12.2 Å². The predicted molar refractivity (Wildman–Crippen MR) is 102 cm³/mol. The molecule has 3 aliphatic heterocycles. The number of aliphatic hydroxyl groups excluding tert-OH is 2. The Hall–Kier alpha value is -0.950. The average Bonchev–Trinajstić information content (AvgIpc) is 3.05. The lowest BCUT2D eigenvalue weighted by molar-refractivity contribution is -0.280. The van der Waals surface area contributed by atoms with Crippen LogP contribution in [0.4, 0.5) is 0 Å². The molecule has 0 aromatic rings. The quantitative estimate of drug-likeness (QED) is 0.469. The minimum atomic E-state index is -1.20. The Labute approximate surface area is 170 Å². The van der Waals surface area contributed by atoms with Gasteiger partial charge in [0.15, 0.2) is 0 Å². The third-order valence-electron chi connectivity index (χ3n) is 10.9. The molecule has 3 saturated heterocycles. The second-order valence-electron chi connectivity index (χ2n) is 11.7. The highest BCUT2D eigenvalue weighted by molar-refractivity contribution is 5.69. The molecule has 6 aliphatic carbocycles. The van der Waals surface area contributed by atoms with Crippen molar-refractivity contribution >= 4 is 5.97 Å². The molecule has 158 valence electrons. The highest BCUT2D eigenvalue weighted by Gasteiger charge is 2.94. The van der Waals surface area contributed by atoms with Crippen molar-refractivity contribution in [3.8, 4) is 0 Å². The van der Waals surface area contributed by atoms with E-state index in [0.717, 1.165) is 25.0 Å². The van der Waals surface area contributed by atoms with Crippen molar-refractivity contribution in [2.45, 2.75) is 81.9 Å². The molecule has 9 bridgehead atoms. The summed E-state index contributed by atoms with van der Waals surface area (Å²) in [5.74, 6) is -0.292. The van der Waals surface area contributed by atoms with Crippen LogP contribution in [0.1, 0.15) is 46.0 Å². The molecule has 6 nitrogen and oxygen atoms in total. The molecule has 0 aromatic heterocycles. The number of rotatable bonds is 2. The summed E-state index contributed by atoms with van der Waals surface area (Å²) in [4.78, 5) is 14.6. The van der Waals surface area contributed by atoms with Crippen molar-refractivity contribution in [3.63, 3.8) is 0 Å². The molecule has 3 heterocycles. The highest BCUT2D eigenvalue weighted by Crippen LogP contribution is 2.88. The number of hydrogen-bond acceptors (Lipinski definition) is 6. The maximum Gasteiger partial charge on any atom is 0.305 e. The van der Waals surface area contributed by atoms with Gasteiger partial charge in [-0.25, -0.2) is 0 Å². The summed E-state index contributed by atoms with van der Waals surface area (Å²) in [7, 11) is 0. The largest absolute Gasteiger partial charge is 0.462 e. The number of nitrogens with zero attached hydrogens (tertiary/aromatic N) is 1. The van der Waals surface area contributed by atoms with E-state index in [2.05, 4.69) is 18.4 Å². The number of piperidine rings is 2. The van der Waals surface area contributed by atoms with Gasteiger partial charge in [-0.05, 0) is 37.0 Å². The van der Waals surface area contributed by atoms with Crippen LogP contribution in [0.3, 0.4) is 0 Å². The van der Waals surface area contributed by atoms with E-state index in [0.29, 0.717) is 31.2 Å². The maximum absolute atomic E-state index is 12.3. The van der Waals surface area contributed by atoms with E-state index < -0.39 is 29.1 Å². The van der Waals surface area contributed by atoms with Crippen LogP contribution in [-0.2, 0) is 9.53 Å². The lowest BCUT2D eigenvalue weighted by Gasteiger charge is -2.67. The Kier molecular flexibility index (Phi) is 2.82. The van der Waals surface area contributed by atoms with E-state index in [-0.39, 0.29) is 34.9 Å². The van der Waals surface area contributed by atoms with Crippen LogP contribution in [0.2, 0.25) is 0 Å². The third-order valence-corrected chi connectivity index (χ3v) is 10.9. The van der Waals surface area contributed by atoms with E-state index in [1.54, 1.807) is 0 Å². The van der Waals surface area contributed by atoms with Gasteiger partial charge in [0.05, 0.1) is 12.2 Å². The van der Waals surface area contributed by atoms with Crippen LogP contribution < -0.4 is 0 Å². The summed E-state index contributed by atoms with van der Waals surface area (Å²) in [5.41, 5.74) is -1.07. The first-order valence-electron chi connectivity index (χ1n) is 11.4. The molecule has 1 unspecified atom stereocenters. The zero-order chi connectivity index (χ0) is 20.3. The predicted octanol–water partition coefficient (Wildman–Crippen LogP) is 0.840. The van der Waals surface area contributed by atoms with Crippen molar-refractivity contribution < 1.29 is 24.9 Å². The van der Waals surface area contributed by atoms with Gasteiger partial charge >= 0.3 is 5.97 Å². The van der Waals surface area contributed by atoms with Gasteiger partial charge < -0.3 is 20.1 Å². The van der Waals surface area contributed by atoms with Gasteiger partial charge in [0, 0.05) is 47.7 Å². The average molecular weight is 402 g/mol. The normalized spacial score (nSPS) is 67.3. The molecule has 9 rings (SSSR count). The van der Waals surface area contributed by atoms with Gasteiger partial charge in [0.2, 0.25) is 0 Å². The smallest absolute Gasteiger partial charge is 0.305 e. The van der Waals surface area contributed by atoms with Gasteiger partial charge in [0.25, 0.3) is 0 Å². The maximum atomic E-state index is 12.3. The minimum Gasteiger partial charge on any atom is -0.462 e. The van der Waals surface area contributed by atoms with E-state index in [9.17, 15) is 20.1 Å². The van der Waals surface area contributed by atoms with E-state index in [1.165, 1.54) is 0 Å². The number of esters is 1. The molecule has 9 aliphatic rings. The monoisotopic (exact) mass is 401 g/mol. The molecule has 0 radical (unpaired) electrons. The zero-order valence-corrected chi connectivity index (χ0v) is 17.2. The number of ether oxygens (including phenoxy) is 1. The van der Waals surface area contributed by atoms with Crippen LogP contribution >= 0.6 is 0 Å². The van der Waals surface area contributed by atoms with Crippen molar-refractivity contribution in [2.24, 2.45) is 34.0 Å². The summed E-state index contributed by atoms with van der Waals surface area (Å²) in [6.45, 7) is 9.23. The summed E-state index contributed by atoms with van der Waals surface area (Å²) < 4.78 is 5.90. The highest BCUT2D eigenvalue weighted by atomic mass is 16.5. The number of aliphatic hydroxyl groups is 3. The first-order valence-corrected chi connectivity index (χ1v) is 11.4. The van der Waals surface area contributed by atoms with Crippen LogP contribution in [0.25, 0.3) is 0 Å². The van der Waals surface area contributed by atoms with Crippen LogP contribution in [0.15, 0.2) is 12.2 Å². The molecular weight excluding hydrogens is 370 g/mol. The number of hydrogen-bond donors (Lipinski definition) is 3. The lowest BCUT2D eigenvalue weighted by Crippen LogP contribution is -2.76. The van der Waals surface area contributed by atoms with Gasteiger partial charge in [-0.3, -0.25) is 9.69 Å². The molecule has 2 spiro atoms. The molecule has 6 saturated carbocycles. The van der Waals surface area contributed by atoms with E-state index in [4.69, 9.17) is 4.74 Å². The molecule has 29 heavy (non-hydrogen) atoms. The fourth-order valence-electron chi connectivity index (χ4n) is 11.0. The molecule has 6 heteroatoms. The van der Waals surface area contributed by atoms with Gasteiger partial charge in [-0.1, -0.05) is 26.0 Å². The minimum absolute atomic E-state index is 0.0223. The number of carbonyl (C=O) groups is 1. The Morgan fingerprint density at radius 3 is 2.76 bits per heavy atom. The Balaban J connectivity index is 1.45. The zero-order valence-electron chi connectivity index (χ0n) is 17.2. The van der Waals surface area contributed by atoms with Crippen LogP contribution in [-0.4, -0.2) is 68.7 Å². The van der Waals surface area contributed by atoms with Crippen LogP contribution in [0.5, 0.6) is 0 Å². The summed E-state index contributed by atoms with van der Waals surface area (Å²) in [6.07, 6.45) is 1.66. The van der Waals surface area contributed by atoms with Crippen molar-refractivity contribution in [2.75, 3.05) is 6.54 Å². The number of fused-ring (bicyclic) bond motifs is 1. The third kappa shape index (κ3) is 1.43. The first kappa shape index (κ1) is 17.7. The fourth-order valence-corrected chi connectivity index (χ4v) is 11.0. The fraction of sp³-hybridized carbons (Fsp3) is 0.870. The van der Waals surface area contributed by atoms with Gasteiger partial charge in [-0.15, -0.1) is 0 Å². The molecule has 13 atom stereocenters. The Morgan fingerprint density at radius 1 is 1.28 bits per heavy atom. The summed E-state index contributed by atoms with van der Waals surface area (Å²) >= 11 is 0. The molecule has 3 N–H and O–H groups in total. The molecule has 9 fully saturated rings. The lowest BCUT2D eigenvalue weighted by atomic mass is 9.39. The topological polar surface area (TPSA) is 90.2 Å². The first-order chi connectivity index (χ1) is 13.7. The standard InChI is InChI=1S/C23H31NO5/c1-4-13(25)29-11-6-20(3)9-24-12-8-21-5-10(2)14-15(26)17(21)22(7-11,16(12)20)19(24)23(21,28)18(14)27/h11-12,14-19,26-28H,2,4-9H2,1,3H3/t11-,12-,14+,15-,16+,17+,18+,19-,20-,21+,22-,23-/m0/s1. The molecule has 0 amide bonds. The van der Waals surface area contributed by atoms with Gasteiger partial charge in [0.1, 0.15) is 11.7 Å². The van der Waals surface area contributed by atoms with Crippen LogP contribution in [0, 0.1) is 34.0 Å². The summed E-state index contributed by atoms with van der Waals surface area (Å²) in [6, 6.07) is 0.244. The number of carbonyl (C=O) groups excluding carboxylic acids is 1. The SMILES string of the molecule is C=C1C[C@@]23C[C@H]4[C@@H]5[C@@]6(C)C[C@H](OC(=O)CC)C[C@@]57[C@@H]2[C@@H](O)[C@@H]1[C@@H](O)[C@]3(O)[C@H]7N4C6. The second-order valence-corrected chi connectivity index (χ2v) is 11.7. The van der Waals surface area contributed by atoms with Crippen molar-refractivity contribution in [1.82, 2.24) is 4.90 Å². The summed E-state index contributed by atoms with van der Waals surface area (Å²) in [5, 5.41) is 35.2. The Bertz CT molecular complexity index is 875. The second kappa shape index (κ2) is 4.62. The van der Waals surface area contributed by atoms with E-state index in [1.807, 2.05) is 6.92 Å².